The first-order chi connectivity index (χ1) is 9.85. The van der Waals surface area contributed by atoms with Gasteiger partial charge in [0.2, 0.25) is 0 Å². The first-order valence-electron chi connectivity index (χ1n) is 6.44. The Kier molecular flexibility index (Phi) is 5.50. The van der Waals surface area contributed by atoms with Crippen LogP contribution in [0.15, 0.2) is 18.2 Å². The molecule has 0 bridgehead atoms. The average Bonchev–Trinajstić information content (AvgIpc) is 2.47. The number of non-ortho nitro benzene ring substituents is 1. The molecule has 2 unspecified atom stereocenters. The minimum atomic E-state index is -0.701. The highest BCUT2D eigenvalue weighted by Crippen LogP contribution is 2.32. The number of ether oxygens (including phenoxy) is 2. The lowest BCUT2D eigenvalue weighted by atomic mass is 9.97. The normalized spacial score (nSPS) is 14.6. The number of nitrogens with one attached hydrogen (secondary N) is 1. The Hall–Kier alpha value is -2.33. The SMILES string of the molecule is CNC(C)(C#N)CC(C)Oc1ccc([N+](=O)[O-])cc1OC. The van der Waals surface area contributed by atoms with Crippen molar-refractivity contribution in [2.75, 3.05) is 14.2 Å². The van der Waals surface area contributed by atoms with Gasteiger partial charge in [-0.2, -0.15) is 5.26 Å². The topological polar surface area (TPSA) is 97.4 Å². The molecule has 0 aromatic heterocycles. The molecule has 1 aromatic carbocycles. The molecular weight excluding hydrogens is 274 g/mol. The van der Waals surface area contributed by atoms with Crippen LogP contribution in [0, 0.1) is 21.4 Å². The minimum absolute atomic E-state index is 0.0658. The summed E-state index contributed by atoms with van der Waals surface area (Å²) in [5, 5.41) is 22.8. The average molecular weight is 293 g/mol. The predicted octanol–water partition coefficient (Wildman–Crippen LogP) is 2.26. The van der Waals surface area contributed by atoms with Crippen LogP contribution in [0.5, 0.6) is 11.5 Å². The third-order valence-electron chi connectivity index (χ3n) is 3.18. The Bertz CT molecular complexity index is 556. The molecule has 0 fully saturated rings. The standard InChI is InChI=1S/C14H19N3O4/c1-10(8-14(2,9-15)16-3)21-12-6-5-11(17(18)19)7-13(12)20-4/h5-7,10,16H,8H2,1-4H3. The van der Waals surface area contributed by atoms with Gasteiger partial charge < -0.3 is 14.8 Å². The van der Waals surface area contributed by atoms with Gasteiger partial charge in [0.1, 0.15) is 5.54 Å². The van der Waals surface area contributed by atoms with Crippen molar-refractivity contribution in [1.29, 1.82) is 5.26 Å². The summed E-state index contributed by atoms with van der Waals surface area (Å²) in [5.74, 6) is 0.700. The van der Waals surface area contributed by atoms with E-state index in [9.17, 15) is 10.1 Å². The smallest absolute Gasteiger partial charge is 0.273 e. The van der Waals surface area contributed by atoms with Crippen molar-refractivity contribution in [2.45, 2.75) is 31.9 Å². The van der Waals surface area contributed by atoms with Gasteiger partial charge >= 0.3 is 0 Å². The zero-order chi connectivity index (χ0) is 16.0. The van der Waals surface area contributed by atoms with Gasteiger partial charge in [-0.25, -0.2) is 0 Å². The van der Waals surface area contributed by atoms with E-state index in [-0.39, 0.29) is 11.8 Å². The van der Waals surface area contributed by atoms with Crippen LogP contribution in [-0.4, -0.2) is 30.7 Å². The summed E-state index contributed by atoms with van der Waals surface area (Å²) >= 11 is 0. The molecule has 0 aliphatic heterocycles. The zero-order valence-electron chi connectivity index (χ0n) is 12.5. The number of nitro benzene ring substituents is 1. The van der Waals surface area contributed by atoms with Gasteiger partial charge in [0.25, 0.3) is 5.69 Å². The summed E-state index contributed by atoms with van der Waals surface area (Å²) in [5.41, 5.74) is -0.767. The Morgan fingerprint density at radius 2 is 2.19 bits per heavy atom. The van der Waals surface area contributed by atoms with Crippen molar-refractivity contribution in [2.24, 2.45) is 0 Å². The highest BCUT2D eigenvalue weighted by atomic mass is 16.6. The van der Waals surface area contributed by atoms with Gasteiger partial charge in [-0.05, 0) is 27.0 Å². The van der Waals surface area contributed by atoms with Gasteiger partial charge in [-0.1, -0.05) is 0 Å². The molecule has 2 atom stereocenters. The summed E-state index contributed by atoms with van der Waals surface area (Å²) in [6.07, 6.45) is 0.192. The van der Waals surface area contributed by atoms with Crippen LogP contribution in [0.25, 0.3) is 0 Å². The van der Waals surface area contributed by atoms with Gasteiger partial charge in [-0.15, -0.1) is 0 Å². The summed E-state index contributed by atoms with van der Waals surface area (Å²) in [4.78, 5) is 10.2. The second-order valence-electron chi connectivity index (χ2n) is 4.92. The predicted molar refractivity (Wildman–Crippen MR) is 77.4 cm³/mol. The summed E-state index contributed by atoms with van der Waals surface area (Å²) < 4.78 is 10.8. The fraction of sp³-hybridized carbons (Fsp3) is 0.500. The van der Waals surface area contributed by atoms with Crippen molar-refractivity contribution < 1.29 is 14.4 Å². The second kappa shape index (κ2) is 6.90. The van der Waals surface area contributed by atoms with Crippen molar-refractivity contribution in [3.05, 3.63) is 28.3 Å². The molecule has 21 heavy (non-hydrogen) atoms. The largest absolute Gasteiger partial charge is 0.493 e. The van der Waals surface area contributed by atoms with Crippen molar-refractivity contribution in [3.8, 4) is 17.6 Å². The van der Waals surface area contributed by atoms with Crippen LogP contribution < -0.4 is 14.8 Å². The fourth-order valence-electron chi connectivity index (χ4n) is 1.90. The minimum Gasteiger partial charge on any atom is -0.493 e. The first kappa shape index (κ1) is 16.7. The van der Waals surface area contributed by atoms with Crippen LogP contribution in [0.2, 0.25) is 0 Å². The van der Waals surface area contributed by atoms with E-state index >= 15 is 0 Å². The number of nitriles is 1. The van der Waals surface area contributed by atoms with E-state index in [4.69, 9.17) is 14.7 Å². The highest BCUT2D eigenvalue weighted by Gasteiger charge is 2.26. The Morgan fingerprint density at radius 3 is 2.67 bits per heavy atom. The van der Waals surface area contributed by atoms with E-state index in [0.717, 1.165) is 0 Å². The molecule has 1 aromatic rings. The molecule has 7 nitrogen and oxygen atoms in total. The van der Waals surface area contributed by atoms with Crippen molar-refractivity contribution >= 4 is 5.69 Å². The number of rotatable bonds is 7. The molecule has 0 saturated heterocycles. The molecule has 1 rings (SSSR count). The van der Waals surface area contributed by atoms with Crippen LogP contribution in [0.4, 0.5) is 5.69 Å². The second-order valence-corrected chi connectivity index (χ2v) is 4.92. The van der Waals surface area contributed by atoms with Gasteiger partial charge in [-0.3, -0.25) is 10.1 Å². The molecule has 7 heteroatoms. The molecule has 0 saturated carbocycles. The van der Waals surface area contributed by atoms with E-state index in [1.54, 1.807) is 14.0 Å². The number of benzene rings is 1. The molecule has 0 amide bonds. The Morgan fingerprint density at radius 1 is 1.52 bits per heavy atom. The zero-order valence-corrected chi connectivity index (χ0v) is 12.5. The van der Waals surface area contributed by atoms with E-state index in [1.165, 1.54) is 25.3 Å². The van der Waals surface area contributed by atoms with Crippen LogP contribution in [0.1, 0.15) is 20.3 Å². The molecule has 0 aliphatic rings. The number of methoxy groups -OCH3 is 1. The molecule has 1 N–H and O–H groups in total. The van der Waals surface area contributed by atoms with E-state index in [2.05, 4.69) is 11.4 Å². The fourth-order valence-corrected chi connectivity index (χ4v) is 1.90. The molecule has 0 spiro atoms. The lowest BCUT2D eigenvalue weighted by molar-refractivity contribution is -0.385. The maximum Gasteiger partial charge on any atom is 0.273 e. The van der Waals surface area contributed by atoms with Gasteiger partial charge in [0.05, 0.1) is 30.3 Å². The summed E-state index contributed by atoms with van der Waals surface area (Å²) in [6.45, 7) is 3.60. The maximum atomic E-state index is 10.7. The molecule has 0 aliphatic carbocycles. The summed E-state index contributed by atoms with van der Waals surface area (Å²) in [6, 6.07) is 6.34. The molecule has 0 radical (unpaired) electrons. The van der Waals surface area contributed by atoms with Crippen molar-refractivity contribution in [3.63, 3.8) is 0 Å². The molecular formula is C14H19N3O4. The van der Waals surface area contributed by atoms with Crippen LogP contribution >= 0.6 is 0 Å². The quantitative estimate of drug-likeness (QED) is 0.611. The summed E-state index contributed by atoms with van der Waals surface area (Å²) in [7, 11) is 3.13. The number of hydrogen-bond acceptors (Lipinski definition) is 6. The van der Waals surface area contributed by atoms with Gasteiger partial charge in [0, 0.05) is 12.5 Å². The Balaban J connectivity index is 2.88. The highest BCUT2D eigenvalue weighted by molar-refractivity contribution is 5.48. The van der Waals surface area contributed by atoms with E-state index < -0.39 is 10.5 Å². The maximum absolute atomic E-state index is 10.7. The number of hydrogen-bond donors (Lipinski definition) is 1. The Labute approximate surface area is 123 Å². The third kappa shape index (κ3) is 4.33. The number of nitro groups is 1. The number of nitrogens with zero attached hydrogens (tertiary/aromatic N) is 2. The third-order valence-corrected chi connectivity index (χ3v) is 3.18. The molecule has 0 heterocycles. The van der Waals surface area contributed by atoms with Crippen LogP contribution in [0.3, 0.4) is 0 Å². The van der Waals surface area contributed by atoms with E-state index in [0.29, 0.717) is 17.9 Å². The van der Waals surface area contributed by atoms with E-state index in [1.807, 2.05) is 6.92 Å². The lowest BCUT2D eigenvalue weighted by Gasteiger charge is -2.25. The monoisotopic (exact) mass is 293 g/mol. The molecule has 114 valence electrons. The van der Waals surface area contributed by atoms with Crippen LogP contribution in [-0.2, 0) is 0 Å². The lowest BCUT2D eigenvalue weighted by Crippen LogP contribution is -2.41. The van der Waals surface area contributed by atoms with Gasteiger partial charge in [0.15, 0.2) is 11.5 Å². The van der Waals surface area contributed by atoms with Crippen molar-refractivity contribution in [1.82, 2.24) is 5.32 Å². The first-order valence-corrected chi connectivity index (χ1v) is 6.44.